The highest BCUT2D eigenvalue weighted by Gasteiger charge is 2.24. The number of nitrogens with zero attached hydrogens (tertiary/aromatic N) is 1. The summed E-state index contributed by atoms with van der Waals surface area (Å²) in [6, 6.07) is 12.8. The molecule has 0 fully saturated rings. The van der Waals surface area contributed by atoms with Crippen LogP contribution < -0.4 is 0 Å². The van der Waals surface area contributed by atoms with Crippen molar-refractivity contribution in [1.29, 1.82) is 0 Å². The molecule has 1 aromatic heterocycles. The molecule has 1 aliphatic rings. The Morgan fingerprint density at radius 2 is 2.12 bits per heavy atom. The highest BCUT2D eigenvalue weighted by Crippen LogP contribution is 2.28. The van der Waals surface area contributed by atoms with Crippen molar-refractivity contribution in [2.24, 2.45) is 0 Å². The van der Waals surface area contributed by atoms with Crippen LogP contribution in [0.2, 0.25) is 0 Å². The van der Waals surface area contributed by atoms with Gasteiger partial charge in [0, 0.05) is 41.7 Å². The maximum Gasteiger partial charge on any atom is 0.227 e. The fourth-order valence-electron chi connectivity index (χ4n) is 3.51. The summed E-state index contributed by atoms with van der Waals surface area (Å²) in [6.45, 7) is 3.28. The topological polar surface area (TPSA) is 36.1 Å². The lowest BCUT2D eigenvalue weighted by Crippen LogP contribution is -2.36. The third kappa shape index (κ3) is 2.68. The van der Waals surface area contributed by atoms with Gasteiger partial charge in [0.25, 0.3) is 0 Å². The molecule has 3 nitrogen and oxygen atoms in total. The first kappa shape index (κ1) is 14.9. The van der Waals surface area contributed by atoms with E-state index in [1.807, 2.05) is 36.1 Å². The lowest BCUT2D eigenvalue weighted by Gasteiger charge is -2.27. The van der Waals surface area contributed by atoms with Gasteiger partial charge in [0.1, 0.15) is 5.82 Å². The van der Waals surface area contributed by atoms with Crippen molar-refractivity contribution in [3.8, 4) is 0 Å². The van der Waals surface area contributed by atoms with E-state index < -0.39 is 0 Å². The fraction of sp³-hybridized carbons (Fsp3) is 0.250. The number of nitrogens with one attached hydrogen (secondary N) is 1. The van der Waals surface area contributed by atoms with Crippen molar-refractivity contribution >= 4 is 16.8 Å². The molecule has 0 saturated carbocycles. The Kier molecular flexibility index (Phi) is 3.60. The molecule has 2 aromatic carbocycles. The number of carbonyl (C=O) groups excluding carboxylic acids is 1. The van der Waals surface area contributed by atoms with Gasteiger partial charge >= 0.3 is 0 Å². The van der Waals surface area contributed by atoms with Gasteiger partial charge < -0.3 is 9.88 Å². The average molecular weight is 322 g/mol. The Balaban J connectivity index is 1.58. The van der Waals surface area contributed by atoms with E-state index >= 15 is 0 Å². The average Bonchev–Trinajstić information content (AvgIpc) is 2.92. The highest BCUT2D eigenvalue weighted by molar-refractivity contribution is 5.86. The number of hydrogen-bond donors (Lipinski definition) is 1. The Labute approximate surface area is 140 Å². The molecule has 4 heteroatoms. The van der Waals surface area contributed by atoms with Crippen LogP contribution in [0.1, 0.15) is 22.4 Å². The molecule has 0 radical (unpaired) electrons. The molecular weight excluding hydrogens is 303 g/mol. The van der Waals surface area contributed by atoms with Gasteiger partial charge in [-0.3, -0.25) is 4.79 Å². The zero-order valence-electron chi connectivity index (χ0n) is 13.6. The van der Waals surface area contributed by atoms with Crippen LogP contribution in [0.25, 0.3) is 10.9 Å². The quantitative estimate of drug-likeness (QED) is 0.766. The van der Waals surface area contributed by atoms with Crippen LogP contribution in [0.4, 0.5) is 4.39 Å². The monoisotopic (exact) mass is 322 g/mol. The van der Waals surface area contributed by atoms with Crippen LogP contribution in [0, 0.1) is 12.7 Å². The minimum atomic E-state index is -0.243. The van der Waals surface area contributed by atoms with Gasteiger partial charge in [-0.15, -0.1) is 0 Å². The molecule has 3 aromatic rings. The first-order valence-corrected chi connectivity index (χ1v) is 8.22. The standard InChI is InChI=1S/C20H19FN2O/c1-13-3-2-4-14(9-13)10-20(24)23-8-7-19-17(12-23)16-11-15(21)5-6-18(16)22-19/h2-6,9,11,22H,7-8,10,12H2,1H3. The van der Waals surface area contributed by atoms with Crippen molar-refractivity contribution in [3.63, 3.8) is 0 Å². The predicted molar refractivity (Wildman–Crippen MR) is 92.3 cm³/mol. The SMILES string of the molecule is Cc1cccc(CC(=O)N2CCc3[nH]c4ccc(F)cc4c3C2)c1. The van der Waals surface area contributed by atoms with E-state index in [9.17, 15) is 9.18 Å². The number of hydrogen-bond acceptors (Lipinski definition) is 1. The van der Waals surface area contributed by atoms with Crippen molar-refractivity contribution in [2.45, 2.75) is 26.3 Å². The zero-order valence-corrected chi connectivity index (χ0v) is 13.6. The first-order valence-electron chi connectivity index (χ1n) is 8.22. The second kappa shape index (κ2) is 5.78. The van der Waals surface area contributed by atoms with Crippen LogP contribution in [0.3, 0.4) is 0 Å². The number of benzene rings is 2. The van der Waals surface area contributed by atoms with Gasteiger partial charge in [0.15, 0.2) is 0 Å². The molecule has 24 heavy (non-hydrogen) atoms. The fourth-order valence-corrected chi connectivity index (χ4v) is 3.51. The van der Waals surface area contributed by atoms with Gasteiger partial charge in [-0.2, -0.15) is 0 Å². The van der Waals surface area contributed by atoms with Crippen LogP contribution in [0.15, 0.2) is 42.5 Å². The van der Waals surface area contributed by atoms with Gasteiger partial charge in [-0.25, -0.2) is 4.39 Å². The minimum Gasteiger partial charge on any atom is -0.358 e. The summed E-state index contributed by atoms with van der Waals surface area (Å²) < 4.78 is 13.6. The van der Waals surface area contributed by atoms with Gasteiger partial charge in [-0.05, 0) is 30.7 Å². The van der Waals surface area contributed by atoms with Crippen molar-refractivity contribution in [2.75, 3.05) is 6.54 Å². The summed E-state index contributed by atoms with van der Waals surface area (Å²) in [5.41, 5.74) is 5.31. The zero-order chi connectivity index (χ0) is 16.7. The van der Waals surface area contributed by atoms with E-state index in [0.717, 1.165) is 39.7 Å². The van der Waals surface area contributed by atoms with Gasteiger partial charge in [-0.1, -0.05) is 29.8 Å². The third-order valence-corrected chi connectivity index (χ3v) is 4.73. The summed E-state index contributed by atoms with van der Waals surface area (Å²) in [5.74, 6) is -0.121. The number of H-pyrrole nitrogens is 1. The van der Waals surface area contributed by atoms with Crippen LogP contribution >= 0.6 is 0 Å². The van der Waals surface area contributed by atoms with Crippen molar-refractivity contribution < 1.29 is 9.18 Å². The van der Waals surface area contributed by atoms with Crippen LogP contribution in [0.5, 0.6) is 0 Å². The molecule has 0 unspecified atom stereocenters. The molecule has 2 heterocycles. The molecule has 4 rings (SSSR count). The molecule has 0 spiro atoms. The summed E-state index contributed by atoms with van der Waals surface area (Å²) in [6.07, 6.45) is 1.19. The predicted octanol–water partition coefficient (Wildman–Crippen LogP) is 3.74. The summed E-state index contributed by atoms with van der Waals surface area (Å²) in [7, 11) is 0. The second-order valence-electron chi connectivity index (χ2n) is 6.50. The van der Waals surface area contributed by atoms with Gasteiger partial charge in [0.05, 0.1) is 6.42 Å². The van der Waals surface area contributed by atoms with E-state index in [-0.39, 0.29) is 11.7 Å². The molecule has 0 saturated heterocycles. The molecule has 1 N–H and O–H groups in total. The van der Waals surface area contributed by atoms with E-state index in [4.69, 9.17) is 0 Å². The molecule has 0 atom stereocenters. The summed E-state index contributed by atoms with van der Waals surface area (Å²) in [5, 5.41) is 0.887. The van der Waals surface area contributed by atoms with E-state index in [1.165, 1.54) is 6.07 Å². The molecule has 0 bridgehead atoms. The van der Waals surface area contributed by atoms with E-state index in [1.54, 1.807) is 12.1 Å². The third-order valence-electron chi connectivity index (χ3n) is 4.73. The Bertz CT molecular complexity index is 929. The number of carbonyl (C=O) groups is 1. The summed E-state index contributed by atoms with van der Waals surface area (Å²) in [4.78, 5) is 17.9. The maximum atomic E-state index is 13.6. The van der Waals surface area contributed by atoms with Crippen molar-refractivity contribution in [1.82, 2.24) is 9.88 Å². The van der Waals surface area contributed by atoms with Crippen molar-refractivity contribution in [3.05, 3.63) is 70.7 Å². The van der Waals surface area contributed by atoms with E-state index in [2.05, 4.69) is 4.98 Å². The highest BCUT2D eigenvalue weighted by atomic mass is 19.1. The lowest BCUT2D eigenvalue weighted by molar-refractivity contribution is -0.131. The number of aromatic amines is 1. The lowest BCUT2D eigenvalue weighted by atomic mass is 10.0. The van der Waals surface area contributed by atoms with E-state index in [0.29, 0.717) is 19.5 Å². The first-order chi connectivity index (χ1) is 11.6. The molecule has 1 aliphatic heterocycles. The Hall–Kier alpha value is -2.62. The molecule has 1 amide bonds. The number of aromatic nitrogens is 1. The number of halogens is 1. The second-order valence-corrected chi connectivity index (χ2v) is 6.50. The summed E-state index contributed by atoms with van der Waals surface area (Å²) >= 11 is 0. The maximum absolute atomic E-state index is 13.6. The molecular formula is C20H19FN2O. The Morgan fingerprint density at radius 1 is 1.25 bits per heavy atom. The smallest absolute Gasteiger partial charge is 0.227 e. The molecule has 0 aliphatic carbocycles. The molecule has 122 valence electrons. The minimum absolute atomic E-state index is 0.122. The van der Waals surface area contributed by atoms with Gasteiger partial charge in [0.2, 0.25) is 5.91 Å². The largest absolute Gasteiger partial charge is 0.358 e. The number of rotatable bonds is 2. The Morgan fingerprint density at radius 3 is 2.96 bits per heavy atom. The number of aryl methyl sites for hydroxylation is 1. The van der Waals surface area contributed by atoms with Crippen LogP contribution in [-0.4, -0.2) is 22.3 Å². The number of amides is 1. The normalized spacial score (nSPS) is 14.0. The number of fused-ring (bicyclic) bond motifs is 3. The van der Waals surface area contributed by atoms with Crippen LogP contribution in [-0.2, 0) is 24.2 Å².